The molecular formula is C13H14ClN3O3S. The number of aliphatic carboxylic acids is 1. The zero-order valence-electron chi connectivity index (χ0n) is 11.3. The van der Waals surface area contributed by atoms with Crippen LogP contribution in [0, 0.1) is 0 Å². The summed E-state index contributed by atoms with van der Waals surface area (Å²) in [7, 11) is 0. The van der Waals surface area contributed by atoms with Gasteiger partial charge in [0, 0.05) is 12.1 Å². The quantitative estimate of drug-likeness (QED) is 0.793. The number of aromatic nitrogens is 3. The smallest absolute Gasteiger partial charge is 0.313 e. The molecule has 2 aromatic rings. The van der Waals surface area contributed by atoms with E-state index in [1.807, 2.05) is 11.5 Å². The predicted octanol–water partition coefficient (Wildman–Crippen LogP) is 2.89. The Morgan fingerprint density at radius 3 is 2.86 bits per heavy atom. The maximum Gasteiger partial charge on any atom is 0.313 e. The molecule has 0 aliphatic heterocycles. The number of thioether (sulfide) groups is 1. The van der Waals surface area contributed by atoms with Crippen LogP contribution in [0.4, 0.5) is 0 Å². The number of halogens is 1. The molecule has 0 aliphatic rings. The number of phenols is 1. The van der Waals surface area contributed by atoms with Gasteiger partial charge in [0.2, 0.25) is 0 Å². The van der Waals surface area contributed by atoms with Crippen molar-refractivity contribution in [2.45, 2.75) is 25.0 Å². The first kappa shape index (κ1) is 15.7. The molecule has 0 saturated carbocycles. The van der Waals surface area contributed by atoms with E-state index in [2.05, 4.69) is 10.2 Å². The molecule has 1 heterocycles. The van der Waals surface area contributed by atoms with Gasteiger partial charge < -0.3 is 14.8 Å². The van der Waals surface area contributed by atoms with Crippen molar-refractivity contribution in [2.75, 3.05) is 5.75 Å². The van der Waals surface area contributed by atoms with E-state index in [1.165, 1.54) is 12.1 Å². The number of nitrogens with zero attached hydrogens (tertiary/aromatic N) is 3. The van der Waals surface area contributed by atoms with E-state index in [0.717, 1.165) is 18.2 Å². The van der Waals surface area contributed by atoms with Crippen molar-refractivity contribution in [1.29, 1.82) is 0 Å². The SMILES string of the molecule is CCCn1c(SCC(=O)O)nnc1-c1cc(O)ccc1Cl. The Balaban J connectivity index is 2.43. The lowest BCUT2D eigenvalue weighted by Crippen LogP contribution is -2.04. The average molecular weight is 328 g/mol. The molecule has 0 atom stereocenters. The summed E-state index contributed by atoms with van der Waals surface area (Å²) < 4.78 is 1.81. The van der Waals surface area contributed by atoms with Gasteiger partial charge in [-0.15, -0.1) is 10.2 Å². The number of rotatable bonds is 6. The topological polar surface area (TPSA) is 88.2 Å². The molecule has 1 aromatic heterocycles. The predicted molar refractivity (Wildman–Crippen MR) is 80.8 cm³/mol. The van der Waals surface area contributed by atoms with Gasteiger partial charge in [-0.2, -0.15) is 0 Å². The summed E-state index contributed by atoms with van der Waals surface area (Å²) in [5.74, 6) is -0.399. The molecule has 0 bridgehead atoms. The molecule has 0 aliphatic carbocycles. The highest BCUT2D eigenvalue weighted by atomic mass is 35.5. The number of phenolic OH excluding ortho intramolecular Hbond substituents is 1. The number of aromatic hydroxyl groups is 1. The van der Waals surface area contributed by atoms with Crippen LogP contribution in [0.1, 0.15) is 13.3 Å². The van der Waals surface area contributed by atoms with E-state index in [0.29, 0.717) is 28.1 Å². The Hall–Kier alpha value is -1.73. The molecule has 0 unspecified atom stereocenters. The van der Waals surface area contributed by atoms with Crippen molar-refractivity contribution in [1.82, 2.24) is 14.8 Å². The fourth-order valence-corrected chi connectivity index (χ4v) is 2.72. The van der Waals surface area contributed by atoms with E-state index in [4.69, 9.17) is 16.7 Å². The van der Waals surface area contributed by atoms with Crippen LogP contribution in [0.5, 0.6) is 5.75 Å². The third kappa shape index (κ3) is 3.68. The summed E-state index contributed by atoms with van der Waals surface area (Å²) in [5, 5.41) is 27.5. The Kier molecular flexibility index (Phi) is 5.08. The molecule has 112 valence electrons. The summed E-state index contributed by atoms with van der Waals surface area (Å²) >= 11 is 7.25. The molecule has 2 rings (SSSR count). The van der Waals surface area contributed by atoms with Crippen LogP contribution in [0.3, 0.4) is 0 Å². The Morgan fingerprint density at radius 1 is 1.43 bits per heavy atom. The van der Waals surface area contributed by atoms with E-state index in [1.54, 1.807) is 6.07 Å². The van der Waals surface area contributed by atoms with Crippen LogP contribution in [0.15, 0.2) is 23.4 Å². The lowest BCUT2D eigenvalue weighted by Gasteiger charge is -2.09. The zero-order valence-corrected chi connectivity index (χ0v) is 12.9. The molecule has 0 spiro atoms. The third-order valence-corrected chi connectivity index (χ3v) is 3.96. The van der Waals surface area contributed by atoms with Gasteiger partial charge in [0.15, 0.2) is 11.0 Å². The van der Waals surface area contributed by atoms with Crippen molar-refractivity contribution in [3.8, 4) is 17.1 Å². The van der Waals surface area contributed by atoms with Gasteiger partial charge in [-0.1, -0.05) is 30.3 Å². The molecule has 21 heavy (non-hydrogen) atoms. The number of carbonyl (C=O) groups is 1. The minimum Gasteiger partial charge on any atom is -0.508 e. The molecule has 8 heteroatoms. The van der Waals surface area contributed by atoms with E-state index < -0.39 is 5.97 Å². The molecule has 0 radical (unpaired) electrons. The monoisotopic (exact) mass is 327 g/mol. The number of carboxylic acid groups (broad SMARTS) is 1. The van der Waals surface area contributed by atoms with Gasteiger partial charge in [0.1, 0.15) is 5.75 Å². The number of benzene rings is 1. The molecule has 0 saturated heterocycles. The van der Waals surface area contributed by atoms with Crippen LogP contribution in [0.25, 0.3) is 11.4 Å². The van der Waals surface area contributed by atoms with E-state index >= 15 is 0 Å². The Labute approximate surface area is 130 Å². The van der Waals surface area contributed by atoms with Crippen molar-refractivity contribution >= 4 is 29.3 Å². The minimum atomic E-state index is -0.914. The van der Waals surface area contributed by atoms with Gasteiger partial charge in [-0.25, -0.2) is 0 Å². The second kappa shape index (κ2) is 6.82. The van der Waals surface area contributed by atoms with Crippen molar-refractivity contribution in [2.24, 2.45) is 0 Å². The lowest BCUT2D eigenvalue weighted by atomic mass is 10.2. The normalized spacial score (nSPS) is 10.8. The first-order valence-corrected chi connectivity index (χ1v) is 7.66. The maximum atomic E-state index is 10.7. The second-order valence-electron chi connectivity index (χ2n) is 4.30. The van der Waals surface area contributed by atoms with Gasteiger partial charge in [0.05, 0.1) is 10.8 Å². The molecule has 1 aromatic carbocycles. The molecule has 6 nitrogen and oxygen atoms in total. The van der Waals surface area contributed by atoms with Gasteiger partial charge in [-0.05, 0) is 24.6 Å². The Morgan fingerprint density at radius 2 is 2.19 bits per heavy atom. The summed E-state index contributed by atoms with van der Waals surface area (Å²) in [6, 6.07) is 4.60. The van der Waals surface area contributed by atoms with Gasteiger partial charge in [-0.3, -0.25) is 4.79 Å². The number of carboxylic acids is 1. The fraction of sp³-hybridized carbons (Fsp3) is 0.308. The Bertz CT molecular complexity index is 660. The van der Waals surface area contributed by atoms with Crippen molar-refractivity contribution in [3.05, 3.63) is 23.2 Å². The van der Waals surface area contributed by atoms with Gasteiger partial charge in [0.25, 0.3) is 0 Å². The van der Waals surface area contributed by atoms with Crippen LogP contribution in [0.2, 0.25) is 5.02 Å². The third-order valence-electron chi connectivity index (χ3n) is 2.68. The molecule has 0 fully saturated rings. The largest absolute Gasteiger partial charge is 0.508 e. The van der Waals surface area contributed by atoms with Crippen molar-refractivity contribution < 1.29 is 15.0 Å². The van der Waals surface area contributed by atoms with Crippen LogP contribution in [-0.2, 0) is 11.3 Å². The highest BCUT2D eigenvalue weighted by Crippen LogP contribution is 2.32. The highest BCUT2D eigenvalue weighted by molar-refractivity contribution is 7.99. The fourth-order valence-electron chi connectivity index (χ4n) is 1.83. The lowest BCUT2D eigenvalue weighted by molar-refractivity contribution is -0.133. The zero-order chi connectivity index (χ0) is 15.4. The highest BCUT2D eigenvalue weighted by Gasteiger charge is 2.17. The summed E-state index contributed by atoms with van der Waals surface area (Å²) in [5.41, 5.74) is 0.569. The second-order valence-corrected chi connectivity index (χ2v) is 5.65. The standard InChI is InChI=1S/C13H14ClN3O3S/c1-2-5-17-12(9-6-8(18)3-4-10(9)14)15-16-13(17)21-7-11(19)20/h3-4,6,18H,2,5,7H2,1H3,(H,19,20). The van der Waals surface area contributed by atoms with E-state index in [-0.39, 0.29) is 11.5 Å². The van der Waals surface area contributed by atoms with Crippen LogP contribution >= 0.6 is 23.4 Å². The van der Waals surface area contributed by atoms with Gasteiger partial charge >= 0.3 is 5.97 Å². The number of hydrogen-bond donors (Lipinski definition) is 2. The van der Waals surface area contributed by atoms with Crippen molar-refractivity contribution in [3.63, 3.8) is 0 Å². The van der Waals surface area contributed by atoms with Crippen LogP contribution < -0.4 is 0 Å². The number of hydrogen-bond acceptors (Lipinski definition) is 5. The average Bonchev–Trinajstić information content (AvgIpc) is 2.82. The molecular weight excluding hydrogens is 314 g/mol. The maximum absolute atomic E-state index is 10.7. The summed E-state index contributed by atoms with van der Waals surface area (Å²) in [6.07, 6.45) is 0.835. The summed E-state index contributed by atoms with van der Waals surface area (Å²) in [6.45, 7) is 2.63. The first-order valence-electron chi connectivity index (χ1n) is 6.29. The summed E-state index contributed by atoms with van der Waals surface area (Å²) in [4.78, 5) is 10.7. The minimum absolute atomic E-state index is 0.0835. The molecule has 2 N–H and O–H groups in total. The van der Waals surface area contributed by atoms with Crippen LogP contribution in [-0.4, -0.2) is 36.7 Å². The molecule has 0 amide bonds. The first-order chi connectivity index (χ1) is 10.0. The van der Waals surface area contributed by atoms with E-state index in [9.17, 15) is 9.90 Å².